The van der Waals surface area contributed by atoms with E-state index in [1.807, 2.05) is 5.32 Å². The Hall–Kier alpha value is -4.61. The molecule has 0 fully saturated rings. The van der Waals surface area contributed by atoms with E-state index in [9.17, 15) is 62.7 Å². The van der Waals surface area contributed by atoms with Gasteiger partial charge in [0, 0.05) is 27.4 Å². The maximum Gasteiger partial charge on any atom is 0.493 e. The lowest BCUT2D eigenvalue weighted by Crippen LogP contribution is -2.35. The molecule has 2 amide bonds. The molecule has 45 heavy (non-hydrogen) atoms. The number of amides is 2. The predicted molar refractivity (Wildman–Crippen MR) is 134 cm³/mol. The zero-order valence-corrected chi connectivity index (χ0v) is 22.2. The van der Waals surface area contributed by atoms with Gasteiger partial charge in [0.1, 0.15) is 18.2 Å². The summed E-state index contributed by atoms with van der Waals surface area (Å²) in [6.07, 6.45) is -16.1. The summed E-state index contributed by atoms with van der Waals surface area (Å²) in [5, 5.41) is 3.88. The fourth-order valence-electron chi connectivity index (χ4n) is 4.95. The molecule has 1 atom stereocenters. The summed E-state index contributed by atoms with van der Waals surface area (Å²) < 4.78 is 149. The lowest BCUT2D eigenvalue weighted by atomic mass is 9.95. The van der Waals surface area contributed by atoms with Crippen molar-refractivity contribution in [1.29, 1.82) is 0 Å². The minimum atomic E-state index is -5.70. The molecule has 4 aromatic rings. The van der Waals surface area contributed by atoms with E-state index in [0.717, 1.165) is 18.2 Å². The molecule has 3 aromatic carbocycles. The van der Waals surface area contributed by atoms with Crippen molar-refractivity contribution >= 4 is 40.1 Å². The van der Waals surface area contributed by atoms with Gasteiger partial charge in [-0.3, -0.25) is 14.2 Å². The van der Waals surface area contributed by atoms with Gasteiger partial charge in [0.25, 0.3) is 11.8 Å². The molecule has 5 rings (SSSR count). The van der Waals surface area contributed by atoms with Crippen LogP contribution in [-0.2, 0) is 19.0 Å². The topological polar surface area (TPSA) is 85.1 Å². The van der Waals surface area contributed by atoms with Gasteiger partial charge in [-0.2, -0.15) is 26.3 Å². The molecule has 19 heteroatoms. The van der Waals surface area contributed by atoms with Crippen LogP contribution in [0.1, 0.15) is 43.4 Å². The van der Waals surface area contributed by atoms with Crippen molar-refractivity contribution in [3.05, 3.63) is 97.4 Å². The first-order valence-corrected chi connectivity index (χ1v) is 12.5. The highest BCUT2D eigenvalue weighted by Crippen LogP contribution is 2.44. The average Bonchev–Trinajstić information content (AvgIpc) is 3.37. The van der Waals surface area contributed by atoms with Gasteiger partial charge in [-0.05, 0) is 42.5 Å². The molecule has 1 unspecified atom stereocenters. The number of anilines is 1. The number of alkyl halides is 9. The summed E-state index contributed by atoms with van der Waals surface area (Å²) in [6.45, 7) is -2.29. The first kappa shape index (κ1) is 31.8. The largest absolute Gasteiger partial charge is 0.493 e. The minimum Gasteiger partial charge on any atom is -0.341 e. The van der Waals surface area contributed by atoms with Crippen LogP contribution in [0.15, 0.2) is 47.3 Å². The normalized spacial score (nSPS) is 15.4. The van der Waals surface area contributed by atoms with E-state index in [4.69, 9.17) is 11.6 Å². The van der Waals surface area contributed by atoms with Crippen molar-refractivity contribution in [3.8, 4) is 0 Å². The van der Waals surface area contributed by atoms with E-state index in [1.54, 1.807) is 0 Å². The number of benzene rings is 3. The van der Waals surface area contributed by atoms with Gasteiger partial charge in [-0.1, -0.05) is 11.6 Å². The quantitative estimate of drug-likeness (QED) is 0.232. The Morgan fingerprint density at radius 1 is 0.911 bits per heavy atom. The molecule has 0 radical (unpaired) electrons. The summed E-state index contributed by atoms with van der Waals surface area (Å²) in [4.78, 5) is 39.1. The average molecular weight is 673 g/mol. The fourth-order valence-corrected chi connectivity index (χ4v) is 5.18. The van der Waals surface area contributed by atoms with Crippen LogP contribution >= 0.6 is 11.6 Å². The van der Waals surface area contributed by atoms with E-state index in [0.29, 0.717) is 12.1 Å². The molecule has 0 spiro atoms. The van der Waals surface area contributed by atoms with Crippen LogP contribution < -0.4 is 16.3 Å². The molecule has 1 aromatic heterocycles. The number of carbonyl (C=O) groups excluding carboxylic acids is 2. The van der Waals surface area contributed by atoms with Crippen molar-refractivity contribution < 1.29 is 57.9 Å². The number of halogens is 12. The zero-order chi connectivity index (χ0) is 33.4. The monoisotopic (exact) mass is 672 g/mol. The lowest BCUT2D eigenvalue weighted by molar-refractivity contribution is -0.204. The molecule has 238 valence electrons. The van der Waals surface area contributed by atoms with Crippen LogP contribution in [0.3, 0.4) is 0 Å². The Morgan fingerprint density at radius 2 is 1.58 bits per heavy atom. The third-order valence-electron chi connectivity index (χ3n) is 6.64. The Kier molecular flexibility index (Phi) is 7.41. The summed E-state index contributed by atoms with van der Waals surface area (Å²) in [5.74, 6) is -5.47. The SMILES string of the molecule is O=C(Nc1cc2c(c3c1C(c1cc(F)ccc1Cl)NC3=O)n(C(F)(F)F)c(=O)n2CC(F)(F)F)c1cc(F)cc(C(F)(F)F)c1. The standard InChI is InChI=1S/C26H12ClF11N4O3/c27-14-2-1-11(28)6-13(14)19-17-15(39-21(43)9-3-10(25(33,34)35)5-12(29)4-9)7-16-20(18(17)22(44)40-19)42(26(36,37)38)23(45)41(16)8-24(30,31)32/h1-7,19H,8H2,(H,39,43)(H,40,44). The highest BCUT2D eigenvalue weighted by Gasteiger charge is 2.44. The third-order valence-corrected chi connectivity index (χ3v) is 6.99. The number of fused-ring (bicyclic) bond motifs is 3. The van der Waals surface area contributed by atoms with E-state index in [2.05, 4.69) is 5.32 Å². The summed E-state index contributed by atoms with van der Waals surface area (Å²) in [7, 11) is 0. The van der Waals surface area contributed by atoms with Gasteiger partial charge in [-0.25, -0.2) is 18.1 Å². The lowest BCUT2D eigenvalue weighted by Gasteiger charge is -2.19. The second kappa shape index (κ2) is 10.5. The van der Waals surface area contributed by atoms with Crippen molar-refractivity contribution in [2.45, 2.75) is 31.2 Å². The Labute approximate surface area is 246 Å². The second-order valence-corrected chi connectivity index (χ2v) is 10.0. The number of imidazole rings is 1. The minimum absolute atomic E-state index is 0.0563. The number of carbonyl (C=O) groups is 2. The molecular formula is C26H12ClF11N4O3. The van der Waals surface area contributed by atoms with E-state index < -0.39 is 104 Å². The van der Waals surface area contributed by atoms with Crippen LogP contribution in [0.4, 0.5) is 54.0 Å². The van der Waals surface area contributed by atoms with E-state index >= 15 is 0 Å². The highest BCUT2D eigenvalue weighted by molar-refractivity contribution is 6.31. The highest BCUT2D eigenvalue weighted by atomic mass is 35.5. The van der Waals surface area contributed by atoms with Crippen molar-refractivity contribution in [2.75, 3.05) is 5.32 Å². The van der Waals surface area contributed by atoms with E-state index in [1.165, 1.54) is 0 Å². The molecule has 1 aliphatic rings. The molecule has 0 saturated heterocycles. The number of rotatable bonds is 4. The van der Waals surface area contributed by atoms with Crippen LogP contribution in [-0.4, -0.2) is 27.1 Å². The number of hydrogen-bond donors (Lipinski definition) is 2. The molecule has 1 aliphatic heterocycles. The van der Waals surface area contributed by atoms with Crippen LogP contribution in [0, 0.1) is 11.6 Å². The maximum absolute atomic E-state index is 14.2. The molecule has 0 aliphatic carbocycles. The summed E-state index contributed by atoms with van der Waals surface area (Å²) in [6, 6.07) is 1.96. The van der Waals surface area contributed by atoms with Gasteiger partial charge < -0.3 is 10.6 Å². The van der Waals surface area contributed by atoms with Crippen LogP contribution in [0.5, 0.6) is 0 Å². The molecule has 2 heterocycles. The number of nitrogens with one attached hydrogen (secondary N) is 2. The van der Waals surface area contributed by atoms with Gasteiger partial charge in [0.2, 0.25) is 0 Å². The first-order chi connectivity index (χ1) is 20.7. The van der Waals surface area contributed by atoms with Gasteiger partial charge >= 0.3 is 24.3 Å². The first-order valence-electron chi connectivity index (χ1n) is 12.1. The Balaban J connectivity index is 1.84. The van der Waals surface area contributed by atoms with Crippen LogP contribution in [0.2, 0.25) is 5.02 Å². The summed E-state index contributed by atoms with van der Waals surface area (Å²) >= 11 is 6.13. The van der Waals surface area contributed by atoms with Crippen molar-refractivity contribution in [2.24, 2.45) is 0 Å². The second-order valence-electron chi connectivity index (χ2n) is 9.62. The fraction of sp³-hybridized carbons (Fsp3) is 0.192. The van der Waals surface area contributed by atoms with Crippen molar-refractivity contribution in [1.82, 2.24) is 14.5 Å². The van der Waals surface area contributed by atoms with Crippen molar-refractivity contribution in [3.63, 3.8) is 0 Å². The summed E-state index contributed by atoms with van der Waals surface area (Å²) in [5.41, 5.74) is -10.3. The van der Waals surface area contributed by atoms with Gasteiger partial charge in [0.05, 0.1) is 28.2 Å². The molecule has 0 bridgehead atoms. The predicted octanol–water partition coefficient (Wildman–Crippen LogP) is 6.88. The maximum atomic E-state index is 14.2. The molecular weight excluding hydrogens is 661 g/mol. The Bertz CT molecular complexity index is 1960. The van der Waals surface area contributed by atoms with Gasteiger partial charge in [-0.15, -0.1) is 13.2 Å². The zero-order valence-electron chi connectivity index (χ0n) is 21.5. The number of hydrogen-bond acceptors (Lipinski definition) is 3. The third kappa shape index (κ3) is 5.81. The number of aromatic nitrogens is 2. The Morgan fingerprint density at radius 3 is 2.18 bits per heavy atom. The number of nitrogens with zero attached hydrogens (tertiary/aromatic N) is 2. The smallest absolute Gasteiger partial charge is 0.341 e. The van der Waals surface area contributed by atoms with Gasteiger partial charge in [0.15, 0.2) is 0 Å². The molecule has 2 N–H and O–H groups in total. The van der Waals surface area contributed by atoms with E-state index in [-0.39, 0.29) is 27.3 Å². The molecule has 7 nitrogen and oxygen atoms in total. The van der Waals surface area contributed by atoms with Crippen LogP contribution in [0.25, 0.3) is 11.0 Å². The molecule has 0 saturated carbocycles.